The van der Waals surface area contributed by atoms with Crippen LogP contribution < -0.4 is 10.6 Å². The highest BCUT2D eigenvalue weighted by molar-refractivity contribution is 5.85. The van der Waals surface area contributed by atoms with Gasteiger partial charge < -0.3 is 15.4 Å². The van der Waals surface area contributed by atoms with E-state index in [1.165, 1.54) is 38.5 Å². The molecule has 2 rings (SSSR count). The second kappa shape index (κ2) is 10.5. The molecule has 0 radical (unpaired) electrons. The van der Waals surface area contributed by atoms with E-state index in [1.807, 2.05) is 0 Å². The number of amides is 1. The number of carbonyl (C=O) groups excluding carboxylic acids is 1. The minimum Gasteiger partial charge on any atom is -0.384 e. The molecule has 4 nitrogen and oxygen atoms in total. The van der Waals surface area contributed by atoms with Crippen molar-refractivity contribution in [3.05, 3.63) is 0 Å². The summed E-state index contributed by atoms with van der Waals surface area (Å²) in [5.74, 6) is 1.11. The summed E-state index contributed by atoms with van der Waals surface area (Å²) in [5, 5.41) is 6.50. The second-order valence-corrected chi connectivity index (χ2v) is 6.87. The van der Waals surface area contributed by atoms with Crippen molar-refractivity contribution in [3.63, 3.8) is 0 Å². The fourth-order valence-electron chi connectivity index (χ4n) is 3.87. The van der Waals surface area contributed by atoms with Crippen molar-refractivity contribution in [2.45, 2.75) is 57.8 Å². The molecule has 0 aromatic carbocycles. The highest BCUT2D eigenvalue weighted by atomic mass is 35.5. The SMILES string of the molecule is COCC1(C(=O)NCCCC2CCCCC2)CCNCC1.Cl. The van der Waals surface area contributed by atoms with Crippen molar-refractivity contribution in [3.8, 4) is 0 Å². The van der Waals surface area contributed by atoms with E-state index >= 15 is 0 Å². The van der Waals surface area contributed by atoms with Gasteiger partial charge in [-0.3, -0.25) is 4.79 Å². The standard InChI is InChI=1S/C17H32N2O2.ClH/c1-21-14-17(9-12-18-13-10-17)16(20)19-11-5-8-15-6-3-2-4-7-15;/h15,18H,2-14H2,1H3,(H,19,20);1H. The van der Waals surface area contributed by atoms with E-state index < -0.39 is 0 Å². The molecule has 1 aliphatic carbocycles. The third-order valence-electron chi connectivity index (χ3n) is 5.26. The number of rotatable bonds is 7. The molecule has 2 fully saturated rings. The summed E-state index contributed by atoms with van der Waals surface area (Å²) >= 11 is 0. The number of ether oxygens (including phenoxy) is 1. The Morgan fingerprint density at radius 3 is 2.55 bits per heavy atom. The molecule has 1 heterocycles. The molecule has 1 aliphatic heterocycles. The first-order valence-corrected chi connectivity index (χ1v) is 8.75. The monoisotopic (exact) mass is 332 g/mol. The largest absolute Gasteiger partial charge is 0.384 e. The van der Waals surface area contributed by atoms with Crippen molar-refractivity contribution >= 4 is 18.3 Å². The molecule has 1 saturated heterocycles. The predicted octanol–water partition coefficient (Wildman–Crippen LogP) is 2.90. The molecule has 1 saturated carbocycles. The van der Waals surface area contributed by atoms with Gasteiger partial charge in [0.2, 0.25) is 5.91 Å². The lowest BCUT2D eigenvalue weighted by Crippen LogP contribution is -2.50. The lowest BCUT2D eigenvalue weighted by Gasteiger charge is -2.35. The average molecular weight is 333 g/mol. The van der Waals surface area contributed by atoms with Gasteiger partial charge in [-0.25, -0.2) is 0 Å². The number of hydrogen-bond acceptors (Lipinski definition) is 3. The average Bonchev–Trinajstić information content (AvgIpc) is 2.53. The van der Waals surface area contributed by atoms with E-state index in [0.29, 0.717) is 6.61 Å². The van der Waals surface area contributed by atoms with Gasteiger partial charge in [0.25, 0.3) is 0 Å². The smallest absolute Gasteiger partial charge is 0.228 e. The van der Waals surface area contributed by atoms with Crippen molar-refractivity contribution in [1.82, 2.24) is 10.6 Å². The molecule has 0 unspecified atom stereocenters. The molecule has 0 atom stereocenters. The highest BCUT2D eigenvalue weighted by Gasteiger charge is 2.39. The van der Waals surface area contributed by atoms with Gasteiger partial charge in [0.05, 0.1) is 12.0 Å². The Morgan fingerprint density at radius 1 is 1.23 bits per heavy atom. The Balaban J connectivity index is 0.00000242. The fourth-order valence-corrected chi connectivity index (χ4v) is 3.87. The van der Waals surface area contributed by atoms with Gasteiger partial charge >= 0.3 is 0 Å². The van der Waals surface area contributed by atoms with E-state index in [4.69, 9.17) is 4.74 Å². The second-order valence-electron chi connectivity index (χ2n) is 6.87. The molecule has 0 aromatic rings. The van der Waals surface area contributed by atoms with E-state index in [9.17, 15) is 4.79 Å². The normalized spacial score (nSPS) is 21.9. The Bertz CT molecular complexity index is 308. The Kier molecular flexibility index (Phi) is 9.37. The van der Waals surface area contributed by atoms with Crippen LogP contribution >= 0.6 is 12.4 Å². The van der Waals surface area contributed by atoms with E-state index in [-0.39, 0.29) is 23.7 Å². The molecule has 1 amide bonds. The van der Waals surface area contributed by atoms with Crippen LogP contribution in [0, 0.1) is 11.3 Å². The van der Waals surface area contributed by atoms with E-state index in [2.05, 4.69) is 10.6 Å². The van der Waals surface area contributed by atoms with Crippen LogP contribution in [0.2, 0.25) is 0 Å². The summed E-state index contributed by atoms with van der Waals surface area (Å²) in [6.45, 7) is 3.20. The number of carbonyl (C=O) groups is 1. The lowest BCUT2D eigenvalue weighted by atomic mass is 9.78. The molecule has 2 aliphatic rings. The zero-order valence-corrected chi connectivity index (χ0v) is 14.8. The summed E-state index contributed by atoms with van der Waals surface area (Å²) < 4.78 is 5.32. The molecule has 0 spiro atoms. The number of hydrogen-bond donors (Lipinski definition) is 2. The number of halogens is 1. The summed E-state index contributed by atoms with van der Waals surface area (Å²) in [6, 6.07) is 0. The van der Waals surface area contributed by atoms with Gasteiger partial charge in [0.1, 0.15) is 0 Å². The molecule has 0 aromatic heterocycles. The molecule has 22 heavy (non-hydrogen) atoms. The maximum Gasteiger partial charge on any atom is 0.228 e. The van der Waals surface area contributed by atoms with Crippen molar-refractivity contribution in [2.24, 2.45) is 11.3 Å². The van der Waals surface area contributed by atoms with Gasteiger partial charge in [0.15, 0.2) is 0 Å². The highest BCUT2D eigenvalue weighted by Crippen LogP contribution is 2.30. The lowest BCUT2D eigenvalue weighted by molar-refractivity contribution is -0.136. The van der Waals surface area contributed by atoms with Gasteiger partial charge in [0, 0.05) is 13.7 Å². The molecule has 5 heteroatoms. The Labute approximate surface area is 141 Å². The predicted molar refractivity (Wildman–Crippen MR) is 92.5 cm³/mol. The van der Waals surface area contributed by atoms with Gasteiger partial charge in [-0.2, -0.15) is 0 Å². The molecule has 130 valence electrons. The Morgan fingerprint density at radius 2 is 1.91 bits per heavy atom. The van der Waals surface area contributed by atoms with Crippen LogP contribution in [0.5, 0.6) is 0 Å². The minimum absolute atomic E-state index is 0. The summed E-state index contributed by atoms with van der Waals surface area (Å²) in [5.41, 5.74) is -0.301. The molecule has 2 N–H and O–H groups in total. The number of piperidine rings is 1. The number of methoxy groups -OCH3 is 1. The van der Waals surface area contributed by atoms with E-state index in [1.54, 1.807) is 7.11 Å². The first kappa shape index (κ1) is 19.7. The first-order valence-electron chi connectivity index (χ1n) is 8.75. The van der Waals surface area contributed by atoms with Crippen LogP contribution in [0.15, 0.2) is 0 Å². The van der Waals surface area contributed by atoms with Crippen LogP contribution in [-0.2, 0) is 9.53 Å². The fraction of sp³-hybridized carbons (Fsp3) is 0.941. The molecule has 0 bridgehead atoms. The number of nitrogens with one attached hydrogen (secondary N) is 2. The van der Waals surface area contributed by atoms with Crippen LogP contribution in [0.3, 0.4) is 0 Å². The summed E-state index contributed by atoms with van der Waals surface area (Å²) in [6.07, 6.45) is 11.2. The third-order valence-corrected chi connectivity index (χ3v) is 5.26. The third kappa shape index (κ3) is 5.71. The van der Waals surface area contributed by atoms with Crippen molar-refractivity contribution in [2.75, 3.05) is 33.4 Å². The molecular weight excluding hydrogens is 300 g/mol. The first-order chi connectivity index (χ1) is 10.3. The summed E-state index contributed by atoms with van der Waals surface area (Å²) in [7, 11) is 1.69. The van der Waals surface area contributed by atoms with Crippen LogP contribution in [0.1, 0.15) is 57.8 Å². The molecular formula is C17H33ClN2O2. The summed E-state index contributed by atoms with van der Waals surface area (Å²) in [4.78, 5) is 12.5. The zero-order chi connectivity index (χ0) is 15.0. The van der Waals surface area contributed by atoms with E-state index in [0.717, 1.165) is 44.8 Å². The minimum atomic E-state index is -0.301. The van der Waals surface area contributed by atoms with Gasteiger partial charge in [-0.05, 0) is 44.7 Å². The maximum atomic E-state index is 12.5. The quantitative estimate of drug-likeness (QED) is 0.705. The van der Waals surface area contributed by atoms with Crippen molar-refractivity contribution < 1.29 is 9.53 Å². The van der Waals surface area contributed by atoms with Gasteiger partial charge in [-0.1, -0.05) is 32.1 Å². The maximum absolute atomic E-state index is 12.5. The zero-order valence-electron chi connectivity index (χ0n) is 14.0. The Hall–Kier alpha value is -0.320. The van der Waals surface area contributed by atoms with Crippen LogP contribution in [0.25, 0.3) is 0 Å². The van der Waals surface area contributed by atoms with Gasteiger partial charge in [-0.15, -0.1) is 12.4 Å². The van der Waals surface area contributed by atoms with Crippen LogP contribution in [-0.4, -0.2) is 39.3 Å². The van der Waals surface area contributed by atoms with Crippen molar-refractivity contribution in [1.29, 1.82) is 0 Å². The van der Waals surface area contributed by atoms with Crippen LogP contribution in [0.4, 0.5) is 0 Å². The topological polar surface area (TPSA) is 50.4 Å².